The highest BCUT2D eigenvalue weighted by atomic mass is 16.5. The number of aliphatic hydroxyl groups is 1. The lowest BCUT2D eigenvalue weighted by Crippen LogP contribution is -2.44. The number of hydrogen-bond donors (Lipinski definition) is 3. The largest absolute Gasteiger partial charge is 0.465 e. The predicted octanol–water partition coefficient (Wildman–Crippen LogP) is 3.07. The van der Waals surface area contributed by atoms with Crippen LogP contribution in [0.25, 0.3) is 0 Å². The molecule has 3 rings (SSSR count). The number of piperidine rings is 1. The molecule has 28 heavy (non-hydrogen) atoms. The van der Waals surface area contributed by atoms with Gasteiger partial charge in [-0.25, -0.2) is 9.59 Å². The molecule has 1 aliphatic rings. The van der Waals surface area contributed by atoms with E-state index in [0.29, 0.717) is 25.9 Å². The minimum Gasteiger partial charge on any atom is -0.465 e. The topological polar surface area (TPSA) is 99.1 Å². The molecule has 148 valence electrons. The summed E-state index contributed by atoms with van der Waals surface area (Å²) >= 11 is 0. The quantitative estimate of drug-likeness (QED) is 0.736. The van der Waals surface area contributed by atoms with Crippen molar-refractivity contribution in [1.82, 2.24) is 10.2 Å². The molecule has 0 bridgehead atoms. The number of carbonyl (C=O) groups is 2. The average molecular weight is 384 g/mol. The minimum absolute atomic E-state index is 0.201. The van der Waals surface area contributed by atoms with Gasteiger partial charge < -0.3 is 25.2 Å². The van der Waals surface area contributed by atoms with Crippen molar-refractivity contribution in [3.8, 4) is 0 Å². The van der Waals surface area contributed by atoms with Crippen LogP contribution >= 0.6 is 0 Å². The van der Waals surface area contributed by atoms with Crippen molar-refractivity contribution < 1.29 is 24.5 Å². The molecule has 0 aromatic heterocycles. The maximum atomic E-state index is 11.9. The Kier molecular flexibility index (Phi) is 6.16. The Labute approximate surface area is 163 Å². The normalized spacial score (nSPS) is 15.7. The van der Waals surface area contributed by atoms with Gasteiger partial charge in [0.15, 0.2) is 0 Å². The Bertz CT molecular complexity index is 817. The number of amides is 2. The lowest BCUT2D eigenvalue weighted by molar-refractivity contribution is -0.0213. The van der Waals surface area contributed by atoms with Gasteiger partial charge in [-0.15, -0.1) is 0 Å². The van der Waals surface area contributed by atoms with E-state index in [4.69, 9.17) is 9.84 Å². The first-order valence-electron chi connectivity index (χ1n) is 9.20. The molecule has 3 N–H and O–H groups in total. The van der Waals surface area contributed by atoms with Gasteiger partial charge in [-0.05, 0) is 29.5 Å². The number of rotatable bonds is 5. The molecule has 0 unspecified atom stereocenters. The summed E-state index contributed by atoms with van der Waals surface area (Å²) < 4.78 is 5.19. The second kappa shape index (κ2) is 8.75. The standard InChI is InChI=1S/C21H24N2O5/c24-19(28-15-16-5-2-1-3-6-16)22-14-17-7-4-8-18(13-17)21(27)9-11-23(12-10-21)20(25)26/h1-8,13,27H,9-12,14-15H2,(H,22,24)(H,25,26). The smallest absolute Gasteiger partial charge is 0.407 e. The molecule has 1 heterocycles. The molecule has 2 aromatic carbocycles. The fourth-order valence-corrected chi connectivity index (χ4v) is 3.28. The Morgan fingerprint density at radius 1 is 1.04 bits per heavy atom. The first-order valence-corrected chi connectivity index (χ1v) is 9.20. The molecule has 2 amide bonds. The number of ether oxygens (including phenoxy) is 1. The van der Waals surface area contributed by atoms with Crippen molar-refractivity contribution in [3.63, 3.8) is 0 Å². The van der Waals surface area contributed by atoms with Crippen molar-refractivity contribution in [1.29, 1.82) is 0 Å². The SMILES string of the molecule is O=C(NCc1cccc(C2(O)CCN(C(=O)O)CC2)c1)OCc1ccccc1. The van der Waals surface area contributed by atoms with Gasteiger partial charge in [-0.1, -0.05) is 54.6 Å². The number of carbonyl (C=O) groups excluding carboxylic acids is 1. The highest BCUT2D eigenvalue weighted by Crippen LogP contribution is 2.33. The van der Waals surface area contributed by atoms with Crippen LogP contribution in [-0.4, -0.2) is 40.4 Å². The monoisotopic (exact) mass is 384 g/mol. The molecule has 0 saturated carbocycles. The summed E-state index contributed by atoms with van der Waals surface area (Å²) in [5, 5.41) is 22.7. The Morgan fingerprint density at radius 3 is 2.39 bits per heavy atom. The summed E-state index contributed by atoms with van der Waals surface area (Å²) in [4.78, 5) is 24.2. The van der Waals surface area contributed by atoms with Gasteiger partial charge in [0.1, 0.15) is 6.61 Å². The zero-order chi connectivity index (χ0) is 20.0. The lowest BCUT2D eigenvalue weighted by atomic mass is 9.84. The molecule has 0 aliphatic carbocycles. The molecule has 7 nitrogen and oxygen atoms in total. The summed E-state index contributed by atoms with van der Waals surface area (Å²) in [6.07, 6.45) is -0.790. The van der Waals surface area contributed by atoms with Crippen LogP contribution in [0.5, 0.6) is 0 Å². The van der Waals surface area contributed by atoms with Gasteiger partial charge in [-0.3, -0.25) is 0 Å². The second-order valence-electron chi connectivity index (χ2n) is 6.92. The zero-order valence-corrected chi connectivity index (χ0v) is 15.5. The van der Waals surface area contributed by atoms with Gasteiger partial charge >= 0.3 is 12.2 Å². The molecule has 2 aromatic rings. The molecule has 7 heteroatoms. The molecule has 0 atom stereocenters. The number of alkyl carbamates (subject to hydrolysis) is 1. The van der Waals surface area contributed by atoms with E-state index in [-0.39, 0.29) is 13.2 Å². The summed E-state index contributed by atoms with van der Waals surface area (Å²) in [6, 6.07) is 16.8. The minimum atomic E-state index is -1.06. The van der Waals surface area contributed by atoms with Crippen LogP contribution in [0.15, 0.2) is 54.6 Å². The third kappa shape index (κ3) is 5.01. The molecule has 1 fully saturated rings. The van der Waals surface area contributed by atoms with E-state index >= 15 is 0 Å². The van der Waals surface area contributed by atoms with Gasteiger partial charge in [-0.2, -0.15) is 0 Å². The number of carboxylic acid groups (broad SMARTS) is 1. The summed E-state index contributed by atoms with van der Waals surface area (Å²) in [5.41, 5.74) is 1.42. The van der Waals surface area contributed by atoms with Crippen molar-refractivity contribution in [2.75, 3.05) is 13.1 Å². The number of nitrogens with one attached hydrogen (secondary N) is 1. The highest BCUT2D eigenvalue weighted by molar-refractivity contribution is 5.67. The van der Waals surface area contributed by atoms with Crippen molar-refractivity contribution in [3.05, 3.63) is 71.3 Å². The van der Waals surface area contributed by atoms with Crippen molar-refractivity contribution in [2.45, 2.75) is 31.6 Å². The first kappa shape index (κ1) is 19.7. The van der Waals surface area contributed by atoms with E-state index < -0.39 is 17.8 Å². The number of nitrogens with zero attached hydrogens (tertiary/aromatic N) is 1. The maximum absolute atomic E-state index is 11.9. The predicted molar refractivity (Wildman–Crippen MR) is 103 cm³/mol. The number of hydrogen-bond acceptors (Lipinski definition) is 4. The van der Waals surface area contributed by atoms with Crippen molar-refractivity contribution >= 4 is 12.2 Å². The van der Waals surface area contributed by atoms with E-state index in [1.807, 2.05) is 54.6 Å². The Hall–Kier alpha value is -3.06. The molecule has 1 saturated heterocycles. The van der Waals surface area contributed by atoms with Crippen LogP contribution in [0, 0.1) is 0 Å². The molecule has 0 spiro atoms. The fourth-order valence-electron chi connectivity index (χ4n) is 3.28. The molecular formula is C21H24N2O5. The molecule has 1 aliphatic heterocycles. The van der Waals surface area contributed by atoms with E-state index in [0.717, 1.165) is 16.7 Å². The Balaban J connectivity index is 1.53. The van der Waals surface area contributed by atoms with Crippen LogP contribution in [0.1, 0.15) is 29.5 Å². The first-order chi connectivity index (χ1) is 13.5. The van der Waals surface area contributed by atoms with E-state index in [1.54, 1.807) is 0 Å². The lowest BCUT2D eigenvalue weighted by Gasteiger charge is -2.37. The van der Waals surface area contributed by atoms with Gasteiger partial charge in [0.05, 0.1) is 5.60 Å². The van der Waals surface area contributed by atoms with E-state index in [2.05, 4.69) is 5.32 Å². The van der Waals surface area contributed by atoms with Gasteiger partial charge in [0, 0.05) is 19.6 Å². The zero-order valence-electron chi connectivity index (χ0n) is 15.5. The number of likely N-dealkylation sites (tertiary alicyclic amines) is 1. The number of benzene rings is 2. The second-order valence-corrected chi connectivity index (χ2v) is 6.92. The van der Waals surface area contributed by atoms with Gasteiger partial charge in [0.2, 0.25) is 0 Å². The Morgan fingerprint density at radius 2 is 1.71 bits per heavy atom. The maximum Gasteiger partial charge on any atom is 0.407 e. The van der Waals surface area contributed by atoms with E-state index in [1.165, 1.54) is 4.90 Å². The third-order valence-electron chi connectivity index (χ3n) is 4.98. The van der Waals surface area contributed by atoms with Crippen LogP contribution in [0.3, 0.4) is 0 Å². The highest BCUT2D eigenvalue weighted by Gasteiger charge is 2.35. The molecular weight excluding hydrogens is 360 g/mol. The van der Waals surface area contributed by atoms with Crippen molar-refractivity contribution in [2.24, 2.45) is 0 Å². The van der Waals surface area contributed by atoms with E-state index in [9.17, 15) is 14.7 Å². The molecule has 0 radical (unpaired) electrons. The fraction of sp³-hybridized carbons (Fsp3) is 0.333. The summed E-state index contributed by atoms with van der Waals surface area (Å²) in [5.74, 6) is 0. The van der Waals surface area contributed by atoms with Crippen LogP contribution < -0.4 is 5.32 Å². The van der Waals surface area contributed by atoms with Crippen LogP contribution in [0.4, 0.5) is 9.59 Å². The average Bonchev–Trinajstić information content (AvgIpc) is 2.72. The summed E-state index contributed by atoms with van der Waals surface area (Å²) in [6.45, 7) is 1.06. The van der Waals surface area contributed by atoms with Crippen LogP contribution in [0.2, 0.25) is 0 Å². The summed E-state index contributed by atoms with van der Waals surface area (Å²) in [7, 11) is 0. The van der Waals surface area contributed by atoms with Crippen LogP contribution in [-0.2, 0) is 23.5 Å². The third-order valence-corrected chi connectivity index (χ3v) is 4.98. The van der Waals surface area contributed by atoms with Gasteiger partial charge in [0.25, 0.3) is 0 Å².